The van der Waals surface area contributed by atoms with Gasteiger partial charge in [0.25, 0.3) is 5.91 Å². The lowest BCUT2D eigenvalue weighted by Crippen LogP contribution is -2.16. The van der Waals surface area contributed by atoms with E-state index in [0.717, 1.165) is 11.3 Å². The molecule has 0 heterocycles. The van der Waals surface area contributed by atoms with Crippen molar-refractivity contribution in [2.45, 2.75) is 13.5 Å². The summed E-state index contributed by atoms with van der Waals surface area (Å²) in [5, 5.41) is 2.76. The van der Waals surface area contributed by atoms with Crippen molar-refractivity contribution in [2.75, 3.05) is 33.8 Å². The second-order valence-corrected chi connectivity index (χ2v) is 7.28. The second-order valence-electron chi connectivity index (χ2n) is 7.28. The number of hydrogen-bond donors (Lipinski definition) is 1. The van der Waals surface area contributed by atoms with E-state index in [4.69, 9.17) is 23.7 Å². The van der Waals surface area contributed by atoms with Crippen molar-refractivity contribution in [3.8, 4) is 23.0 Å². The molecule has 0 saturated heterocycles. The number of hydrogen-bond acceptors (Lipinski definition) is 7. The smallest absolute Gasteiger partial charge is 0.340 e. The lowest BCUT2D eigenvalue weighted by Gasteiger charge is -2.16. The van der Waals surface area contributed by atoms with Gasteiger partial charge in [0.2, 0.25) is 0 Å². The van der Waals surface area contributed by atoms with Gasteiger partial charge in [0.15, 0.2) is 11.5 Å². The number of carbonyl (C=O) groups excluding carboxylic acids is 2. The van der Waals surface area contributed by atoms with Gasteiger partial charge in [-0.05, 0) is 36.8 Å². The highest BCUT2D eigenvalue weighted by Gasteiger charge is 2.20. The molecule has 1 N–H and O–H groups in total. The molecule has 34 heavy (non-hydrogen) atoms. The van der Waals surface area contributed by atoms with Crippen molar-refractivity contribution in [3.63, 3.8) is 0 Å². The summed E-state index contributed by atoms with van der Waals surface area (Å²) in [6.07, 6.45) is 0. The number of aryl methyl sites for hydroxylation is 1. The molecule has 3 aromatic carbocycles. The zero-order valence-electron chi connectivity index (χ0n) is 19.8. The number of benzene rings is 3. The summed E-state index contributed by atoms with van der Waals surface area (Å²) in [5.74, 6) is 0.961. The fraction of sp³-hybridized carbons (Fsp3) is 0.231. The molecule has 1 amide bonds. The fourth-order valence-electron chi connectivity index (χ4n) is 3.36. The lowest BCUT2D eigenvalue weighted by molar-refractivity contribution is 0.0601. The summed E-state index contributed by atoms with van der Waals surface area (Å²) < 4.78 is 26.8. The molecule has 0 spiro atoms. The van der Waals surface area contributed by atoms with E-state index in [2.05, 4.69) is 5.32 Å². The molecule has 8 nitrogen and oxygen atoms in total. The van der Waals surface area contributed by atoms with E-state index >= 15 is 0 Å². The number of nitrogens with one attached hydrogen (secondary N) is 1. The molecule has 8 heteroatoms. The van der Waals surface area contributed by atoms with Gasteiger partial charge < -0.3 is 29.0 Å². The van der Waals surface area contributed by atoms with E-state index < -0.39 is 11.9 Å². The summed E-state index contributed by atoms with van der Waals surface area (Å²) in [4.78, 5) is 25.4. The minimum absolute atomic E-state index is 0.130. The molecule has 0 fully saturated rings. The zero-order valence-corrected chi connectivity index (χ0v) is 19.8. The van der Waals surface area contributed by atoms with Crippen LogP contribution in [-0.4, -0.2) is 40.3 Å². The van der Waals surface area contributed by atoms with Gasteiger partial charge in [0, 0.05) is 23.3 Å². The predicted molar refractivity (Wildman–Crippen MR) is 127 cm³/mol. The van der Waals surface area contributed by atoms with Crippen LogP contribution in [0.15, 0.2) is 54.6 Å². The van der Waals surface area contributed by atoms with Crippen LogP contribution in [-0.2, 0) is 11.3 Å². The van der Waals surface area contributed by atoms with E-state index in [1.54, 1.807) is 25.3 Å². The van der Waals surface area contributed by atoms with Crippen molar-refractivity contribution in [1.82, 2.24) is 0 Å². The molecule has 178 valence electrons. The molecular formula is C26H27NO7. The molecule has 0 aliphatic carbocycles. The second kappa shape index (κ2) is 11.1. The highest BCUT2D eigenvalue weighted by atomic mass is 16.5. The zero-order chi connectivity index (χ0) is 24.7. The highest BCUT2D eigenvalue weighted by molar-refractivity contribution is 6.08. The normalized spacial score (nSPS) is 10.3. The van der Waals surface area contributed by atoms with Crippen LogP contribution in [0.2, 0.25) is 0 Å². The van der Waals surface area contributed by atoms with Crippen molar-refractivity contribution >= 4 is 17.6 Å². The van der Waals surface area contributed by atoms with Crippen molar-refractivity contribution in [3.05, 3.63) is 76.9 Å². The molecule has 3 rings (SSSR count). The number of para-hydroxylation sites is 1. The van der Waals surface area contributed by atoms with E-state index in [9.17, 15) is 9.59 Å². The van der Waals surface area contributed by atoms with Crippen molar-refractivity contribution in [2.24, 2.45) is 0 Å². The van der Waals surface area contributed by atoms with Crippen LogP contribution in [0.3, 0.4) is 0 Å². The van der Waals surface area contributed by atoms with E-state index in [0.29, 0.717) is 28.4 Å². The van der Waals surface area contributed by atoms with Crippen LogP contribution in [0.1, 0.15) is 31.8 Å². The van der Waals surface area contributed by atoms with Gasteiger partial charge in [-0.3, -0.25) is 4.79 Å². The van der Waals surface area contributed by atoms with Crippen LogP contribution in [0.4, 0.5) is 5.69 Å². The Morgan fingerprint density at radius 3 is 2.12 bits per heavy atom. The van der Waals surface area contributed by atoms with Gasteiger partial charge in [0.1, 0.15) is 18.1 Å². The quantitative estimate of drug-likeness (QED) is 0.460. The average molecular weight is 466 g/mol. The topological polar surface area (TPSA) is 92.3 Å². The fourth-order valence-corrected chi connectivity index (χ4v) is 3.36. The lowest BCUT2D eigenvalue weighted by atomic mass is 10.1. The first-order chi connectivity index (χ1) is 16.4. The Balaban J connectivity index is 1.89. The van der Waals surface area contributed by atoms with Gasteiger partial charge in [-0.25, -0.2) is 4.79 Å². The van der Waals surface area contributed by atoms with Gasteiger partial charge in [-0.1, -0.05) is 18.2 Å². The molecular weight excluding hydrogens is 438 g/mol. The highest BCUT2D eigenvalue weighted by Crippen LogP contribution is 2.34. The van der Waals surface area contributed by atoms with Crippen LogP contribution in [0.5, 0.6) is 23.0 Å². The molecule has 0 atom stereocenters. The van der Waals surface area contributed by atoms with E-state index in [-0.39, 0.29) is 17.9 Å². The van der Waals surface area contributed by atoms with E-state index in [1.165, 1.54) is 33.5 Å². The van der Waals surface area contributed by atoms with Gasteiger partial charge >= 0.3 is 5.97 Å². The molecule has 0 bridgehead atoms. The maximum Gasteiger partial charge on any atom is 0.340 e. The Morgan fingerprint density at radius 2 is 1.47 bits per heavy atom. The minimum atomic E-state index is -0.627. The Kier molecular flexibility index (Phi) is 7.97. The average Bonchev–Trinajstić information content (AvgIpc) is 2.87. The number of carbonyl (C=O) groups is 2. The van der Waals surface area contributed by atoms with E-state index in [1.807, 2.05) is 31.2 Å². The molecule has 0 aliphatic rings. The molecule has 0 saturated carbocycles. The summed E-state index contributed by atoms with van der Waals surface area (Å²) in [7, 11) is 5.73. The van der Waals surface area contributed by atoms with Gasteiger partial charge in [-0.2, -0.15) is 0 Å². The Labute approximate surface area is 198 Å². The minimum Gasteiger partial charge on any atom is -0.496 e. The first-order valence-corrected chi connectivity index (χ1v) is 10.4. The maximum atomic E-state index is 13.1. The molecule has 0 unspecified atom stereocenters. The molecule has 0 radical (unpaired) electrons. The molecule has 0 aliphatic heterocycles. The summed E-state index contributed by atoms with van der Waals surface area (Å²) in [6.45, 7) is 2.16. The van der Waals surface area contributed by atoms with Gasteiger partial charge in [-0.15, -0.1) is 0 Å². The summed E-state index contributed by atoms with van der Waals surface area (Å²) >= 11 is 0. The van der Waals surface area contributed by atoms with Crippen LogP contribution in [0.25, 0.3) is 0 Å². The third-order valence-electron chi connectivity index (χ3n) is 5.20. The first-order valence-electron chi connectivity index (χ1n) is 10.4. The van der Waals surface area contributed by atoms with Crippen molar-refractivity contribution < 1.29 is 33.3 Å². The SMILES string of the molecule is COC(=O)c1cc(OC)c(OC)cc1NC(=O)c1ccc(OC)c(COc2ccccc2C)c1. The standard InChI is InChI=1S/C26H27NO7/c1-16-8-6-7-9-21(16)34-15-18-12-17(10-11-22(18)30-2)25(28)27-20-14-24(32-4)23(31-3)13-19(20)26(29)33-5/h6-14H,15H2,1-5H3,(H,27,28). The molecule has 3 aromatic rings. The number of esters is 1. The van der Waals surface area contributed by atoms with Crippen LogP contribution in [0, 0.1) is 6.92 Å². The third-order valence-corrected chi connectivity index (χ3v) is 5.20. The number of ether oxygens (including phenoxy) is 5. The summed E-state index contributed by atoms with van der Waals surface area (Å²) in [5.41, 5.74) is 2.40. The largest absolute Gasteiger partial charge is 0.496 e. The predicted octanol–water partition coefficient (Wildman–Crippen LogP) is 4.64. The number of anilines is 1. The monoisotopic (exact) mass is 465 g/mol. The number of methoxy groups -OCH3 is 4. The Bertz CT molecular complexity index is 1190. The van der Waals surface area contributed by atoms with Crippen LogP contribution < -0.4 is 24.3 Å². The van der Waals surface area contributed by atoms with Crippen LogP contribution >= 0.6 is 0 Å². The molecule has 0 aromatic heterocycles. The third kappa shape index (κ3) is 5.40. The van der Waals surface area contributed by atoms with Gasteiger partial charge in [0.05, 0.1) is 39.7 Å². The first kappa shape index (κ1) is 24.4. The van der Waals surface area contributed by atoms with Crippen molar-refractivity contribution in [1.29, 1.82) is 0 Å². The maximum absolute atomic E-state index is 13.1. The number of amides is 1. The summed E-state index contributed by atoms with van der Waals surface area (Å²) in [6, 6.07) is 15.6. The Morgan fingerprint density at radius 1 is 0.794 bits per heavy atom. The Hall–Kier alpha value is -4.20. The number of rotatable bonds is 9.